The number of thiophene rings is 1. The third kappa shape index (κ3) is 5.30. The van der Waals surface area contributed by atoms with E-state index in [1.165, 1.54) is 11.8 Å². The van der Waals surface area contributed by atoms with E-state index < -0.39 is 0 Å². The molecule has 4 aromatic rings. The topological polar surface area (TPSA) is 59.8 Å². The SMILES string of the molecule is O=C(CSc1nnc(-c2cccs2)n1Cc1ccccc1)NCc1cccc(Cl)c1. The molecule has 0 saturated carbocycles. The van der Waals surface area contributed by atoms with Crippen molar-refractivity contribution in [1.29, 1.82) is 0 Å². The Labute approximate surface area is 188 Å². The van der Waals surface area contributed by atoms with Crippen LogP contribution in [0.3, 0.4) is 0 Å². The molecule has 0 spiro atoms. The molecule has 8 heteroatoms. The van der Waals surface area contributed by atoms with Gasteiger partial charge in [-0.2, -0.15) is 0 Å². The molecule has 1 N–H and O–H groups in total. The third-order valence-corrected chi connectivity index (χ3v) is 6.42. The summed E-state index contributed by atoms with van der Waals surface area (Å²) in [4.78, 5) is 13.4. The minimum Gasteiger partial charge on any atom is -0.351 e. The molecule has 2 aromatic heterocycles. The lowest BCUT2D eigenvalue weighted by Gasteiger charge is -2.10. The van der Waals surface area contributed by atoms with Gasteiger partial charge in [0.15, 0.2) is 11.0 Å². The van der Waals surface area contributed by atoms with E-state index >= 15 is 0 Å². The maximum atomic E-state index is 12.4. The molecule has 0 aliphatic carbocycles. The van der Waals surface area contributed by atoms with Gasteiger partial charge in [-0.3, -0.25) is 9.36 Å². The Hall–Kier alpha value is -2.61. The molecule has 0 aliphatic rings. The number of aromatic nitrogens is 3. The summed E-state index contributed by atoms with van der Waals surface area (Å²) in [5.41, 5.74) is 2.12. The largest absolute Gasteiger partial charge is 0.351 e. The molecule has 30 heavy (non-hydrogen) atoms. The Bertz CT molecular complexity index is 1110. The fourth-order valence-electron chi connectivity index (χ4n) is 2.92. The zero-order valence-electron chi connectivity index (χ0n) is 16.0. The number of halogens is 1. The van der Waals surface area contributed by atoms with Gasteiger partial charge in [0, 0.05) is 11.6 Å². The Morgan fingerprint density at radius 3 is 2.63 bits per heavy atom. The van der Waals surface area contributed by atoms with Crippen molar-refractivity contribution in [3.8, 4) is 10.7 Å². The highest BCUT2D eigenvalue weighted by molar-refractivity contribution is 7.99. The van der Waals surface area contributed by atoms with Crippen molar-refractivity contribution in [1.82, 2.24) is 20.1 Å². The quantitative estimate of drug-likeness (QED) is 0.375. The summed E-state index contributed by atoms with van der Waals surface area (Å²) in [7, 11) is 0. The van der Waals surface area contributed by atoms with Gasteiger partial charge in [0.2, 0.25) is 5.91 Å². The highest BCUT2D eigenvalue weighted by Crippen LogP contribution is 2.28. The molecule has 0 saturated heterocycles. The second-order valence-electron chi connectivity index (χ2n) is 6.55. The first-order valence-electron chi connectivity index (χ1n) is 9.34. The Morgan fingerprint density at radius 2 is 1.87 bits per heavy atom. The van der Waals surface area contributed by atoms with Crippen molar-refractivity contribution in [2.45, 2.75) is 18.2 Å². The molecule has 2 aromatic carbocycles. The smallest absolute Gasteiger partial charge is 0.230 e. The molecule has 1 amide bonds. The van der Waals surface area contributed by atoms with Crippen LogP contribution in [0.25, 0.3) is 10.7 Å². The summed E-state index contributed by atoms with van der Waals surface area (Å²) in [6, 6.07) is 21.7. The maximum Gasteiger partial charge on any atom is 0.230 e. The van der Waals surface area contributed by atoms with Crippen molar-refractivity contribution in [2.75, 3.05) is 5.75 Å². The lowest BCUT2D eigenvalue weighted by atomic mass is 10.2. The number of rotatable bonds is 8. The molecule has 0 bridgehead atoms. The second-order valence-corrected chi connectivity index (χ2v) is 8.88. The third-order valence-electron chi connectivity index (χ3n) is 4.35. The zero-order valence-corrected chi connectivity index (χ0v) is 18.4. The van der Waals surface area contributed by atoms with Crippen molar-refractivity contribution >= 4 is 40.6 Å². The molecular weight excluding hydrogens is 436 g/mol. The average molecular weight is 455 g/mol. The highest BCUT2D eigenvalue weighted by atomic mass is 35.5. The highest BCUT2D eigenvalue weighted by Gasteiger charge is 2.16. The second kappa shape index (κ2) is 9.93. The predicted octanol–water partition coefficient (Wildman–Crippen LogP) is 5.12. The van der Waals surface area contributed by atoms with Crippen molar-refractivity contribution in [3.05, 3.63) is 88.3 Å². The average Bonchev–Trinajstić information content (AvgIpc) is 3.42. The number of amides is 1. The molecule has 0 aliphatic heterocycles. The van der Waals surface area contributed by atoms with Gasteiger partial charge in [0.1, 0.15) is 0 Å². The monoisotopic (exact) mass is 454 g/mol. The first-order valence-corrected chi connectivity index (χ1v) is 11.6. The van der Waals surface area contributed by atoms with Gasteiger partial charge < -0.3 is 5.32 Å². The van der Waals surface area contributed by atoms with Gasteiger partial charge in [-0.15, -0.1) is 21.5 Å². The van der Waals surface area contributed by atoms with Crippen LogP contribution in [0.5, 0.6) is 0 Å². The summed E-state index contributed by atoms with van der Waals surface area (Å²) >= 11 is 9.01. The summed E-state index contributed by atoms with van der Waals surface area (Å²) in [6.45, 7) is 1.09. The standard InChI is InChI=1S/C22H19ClN4OS2/c23-18-9-4-8-17(12-18)13-24-20(28)15-30-22-26-25-21(19-10-5-11-29-19)27(22)14-16-6-2-1-3-7-16/h1-12H,13-15H2,(H,24,28). The van der Waals surface area contributed by atoms with E-state index in [9.17, 15) is 4.79 Å². The normalized spacial score (nSPS) is 10.8. The molecule has 4 rings (SSSR count). The number of nitrogens with zero attached hydrogens (tertiary/aromatic N) is 3. The van der Waals surface area contributed by atoms with Crippen molar-refractivity contribution in [2.24, 2.45) is 0 Å². The van der Waals surface area contributed by atoms with Crippen molar-refractivity contribution < 1.29 is 4.79 Å². The minimum absolute atomic E-state index is 0.0630. The van der Waals surface area contributed by atoms with E-state index in [2.05, 4.69) is 32.2 Å². The first-order chi connectivity index (χ1) is 14.7. The van der Waals surface area contributed by atoms with Gasteiger partial charge in [-0.1, -0.05) is 71.9 Å². The molecular formula is C22H19ClN4OS2. The molecule has 152 valence electrons. The Morgan fingerprint density at radius 1 is 1.03 bits per heavy atom. The van der Waals surface area contributed by atoms with E-state index in [1.54, 1.807) is 11.3 Å². The molecule has 0 unspecified atom stereocenters. The number of hydrogen-bond donors (Lipinski definition) is 1. The summed E-state index contributed by atoms with van der Waals surface area (Å²) in [5.74, 6) is 1.01. The first kappa shape index (κ1) is 20.7. The van der Waals surface area contributed by atoms with E-state index in [4.69, 9.17) is 11.6 Å². The molecule has 2 heterocycles. The Kier molecular flexibility index (Phi) is 6.84. The van der Waals surface area contributed by atoms with Crippen LogP contribution in [0.4, 0.5) is 0 Å². The van der Waals surface area contributed by atoms with Gasteiger partial charge in [-0.05, 0) is 34.7 Å². The molecule has 0 radical (unpaired) electrons. The summed E-state index contributed by atoms with van der Waals surface area (Å²) in [6.07, 6.45) is 0. The predicted molar refractivity (Wildman–Crippen MR) is 123 cm³/mol. The number of benzene rings is 2. The van der Waals surface area contributed by atoms with E-state index in [1.807, 2.05) is 60.0 Å². The number of hydrogen-bond acceptors (Lipinski definition) is 5. The zero-order chi connectivity index (χ0) is 20.8. The van der Waals surface area contributed by atoms with E-state index in [-0.39, 0.29) is 11.7 Å². The number of thioether (sulfide) groups is 1. The van der Waals surface area contributed by atoms with Crippen LogP contribution in [0, 0.1) is 0 Å². The van der Waals surface area contributed by atoms with Gasteiger partial charge in [-0.25, -0.2) is 0 Å². The molecule has 0 fully saturated rings. The Balaban J connectivity index is 1.45. The number of carbonyl (C=O) groups is 1. The van der Waals surface area contributed by atoms with Crippen LogP contribution >= 0.6 is 34.7 Å². The summed E-state index contributed by atoms with van der Waals surface area (Å²) < 4.78 is 2.07. The summed E-state index contributed by atoms with van der Waals surface area (Å²) in [5, 5.41) is 15.1. The van der Waals surface area contributed by atoms with Gasteiger partial charge in [0.05, 0.1) is 17.2 Å². The van der Waals surface area contributed by atoms with Gasteiger partial charge >= 0.3 is 0 Å². The number of nitrogens with one attached hydrogen (secondary N) is 1. The molecule has 5 nitrogen and oxygen atoms in total. The van der Waals surface area contributed by atoms with Crippen LogP contribution in [-0.4, -0.2) is 26.4 Å². The minimum atomic E-state index is -0.0630. The van der Waals surface area contributed by atoms with Crippen molar-refractivity contribution in [3.63, 3.8) is 0 Å². The van der Waals surface area contributed by atoms with Crippen LogP contribution < -0.4 is 5.32 Å². The lowest BCUT2D eigenvalue weighted by Crippen LogP contribution is -2.24. The molecule has 0 atom stereocenters. The van der Waals surface area contributed by atoms with Crippen LogP contribution in [-0.2, 0) is 17.9 Å². The fourth-order valence-corrected chi connectivity index (χ4v) is 4.62. The number of carbonyl (C=O) groups excluding carboxylic acids is 1. The van der Waals surface area contributed by atoms with Crippen LogP contribution in [0.15, 0.2) is 77.3 Å². The van der Waals surface area contributed by atoms with Crippen LogP contribution in [0.1, 0.15) is 11.1 Å². The van der Waals surface area contributed by atoms with E-state index in [0.717, 1.165) is 27.0 Å². The van der Waals surface area contributed by atoms with Crippen LogP contribution in [0.2, 0.25) is 5.02 Å². The van der Waals surface area contributed by atoms with E-state index in [0.29, 0.717) is 18.1 Å². The van der Waals surface area contributed by atoms with Gasteiger partial charge in [0.25, 0.3) is 0 Å². The lowest BCUT2D eigenvalue weighted by molar-refractivity contribution is -0.118. The maximum absolute atomic E-state index is 12.4. The fraction of sp³-hybridized carbons (Fsp3) is 0.136.